The molecule has 0 saturated carbocycles. The molecule has 0 saturated heterocycles. The number of carbonyl (C=O) groups excluding carboxylic acids is 1. The molecule has 2 aromatic rings. The van der Waals surface area contributed by atoms with Gasteiger partial charge in [0.1, 0.15) is 24.7 Å². The predicted molar refractivity (Wildman–Crippen MR) is 127 cm³/mol. The minimum atomic E-state index is -2.03. The molecule has 0 amide bonds. The Morgan fingerprint density at radius 3 is 2.26 bits per heavy atom. The summed E-state index contributed by atoms with van der Waals surface area (Å²) in [6.07, 6.45) is 0. The summed E-state index contributed by atoms with van der Waals surface area (Å²) in [6.45, 7) is 18.0. The third kappa shape index (κ3) is 6.13. The van der Waals surface area contributed by atoms with Crippen molar-refractivity contribution >= 4 is 14.1 Å². The number of ketones is 1. The smallest absolute Gasteiger partial charge is 0.208 e. The van der Waals surface area contributed by atoms with E-state index in [-0.39, 0.29) is 17.3 Å². The Hall–Kier alpha value is -1.80. The Morgan fingerprint density at radius 2 is 1.74 bits per heavy atom. The molecule has 7 heteroatoms. The highest BCUT2D eigenvalue weighted by atomic mass is 28.4. The van der Waals surface area contributed by atoms with Crippen LogP contribution in [-0.4, -0.2) is 47.6 Å². The van der Waals surface area contributed by atoms with Gasteiger partial charge in [0.15, 0.2) is 8.32 Å². The second kappa shape index (κ2) is 9.77. The maximum absolute atomic E-state index is 12.6. The lowest BCUT2D eigenvalue weighted by atomic mass is 10.1. The number of nitrogens with zero attached hydrogens (tertiary/aromatic N) is 2. The third-order valence-corrected chi connectivity index (χ3v) is 10.5. The molecule has 0 radical (unpaired) electrons. The van der Waals surface area contributed by atoms with Crippen molar-refractivity contribution in [3.8, 4) is 11.3 Å². The summed E-state index contributed by atoms with van der Waals surface area (Å²) in [5, 5.41) is 9.64. The van der Waals surface area contributed by atoms with E-state index < -0.39 is 26.3 Å². The molecule has 6 nitrogen and oxygen atoms in total. The molecule has 1 aromatic carbocycles. The number of Topliss-reactive ketones (excluding diaryl/α,β-unsaturated/α-hetero) is 1. The van der Waals surface area contributed by atoms with Gasteiger partial charge in [-0.25, -0.2) is 4.98 Å². The second-order valence-electron chi connectivity index (χ2n) is 10.0. The number of aliphatic hydroxyl groups is 1. The SMILES string of the molecule is CCOCc1nc(C(=O)CO)c(-c2ccccc2)n1CC(C)(C)O[Si](C)(C)C(C)(C)C. The van der Waals surface area contributed by atoms with Crippen LogP contribution in [0.3, 0.4) is 0 Å². The van der Waals surface area contributed by atoms with Crippen LogP contribution in [0.4, 0.5) is 0 Å². The van der Waals surface area contributed by atoms with Crippen molar-refractivity contribution in [3.63, 3.8) is 0 Å². The van der Waals surface area contributed by atoms with E-state index >= 15 is 0 Å². The number of aliphatic hydroxyl groups excluding tert-OH is 1. The molecule has 0 fully saturated rings. The summed E-state index contributed by atoms with van der Waals surface area (Å²) in [5.41, 5.74) is 1.35. The van der Waals surface area contributed by atoms with Crippen molar-refractivity contribution < 1.29 is 19.1 Å². The molecule has 0 spiro atoms. The fourth-order valence-corrected chi connectivity index (χ4v) is 5.14. The van der Waals surface area contributed by atoms with Gasteiger partial charge >= 0.3 is 0 Å². The monoisotopic (exact) mass is 446 g/mol. The molecule has 0 aliphatic carbocycles. The number of hydrogen-bond acceptors (Lipinski definition) is 5. The van der Waals surface area contributed by atoms with Gasteiger partial charge in [-0.05, 0) is 38.9 Å². The molecule has 1 N–H and O–H groups in total. The van der Waals surface area contributed by atoms with Gasteiger partial charge in [-0.2, -0.15) is 0 Å². The maximum Gasteiger partial charge on any atom is 0.208 e. The highest BCUT2D eigenvalue weighted by molar-refractivity contribution is 6.74. The topological polar surface area (TPSA) is 73.6 Å². The molecule has 0 atom stereocenters. The lowest BCUT2D eigenvalue weighted by Crippen LogP contribution is -2.49. The lowest BCUT2D eigenvalue weighted by molar-refractivity contribution is 0.0680. The molecule has 0 bridgehead atoms. The van der Waals surface area contributed by atoms with E-state index in [4.69, 9.17) is 9.16 Å². The predicted octanol–water partition coefficient (Wildman–Crippen LogP) is 5.06. The van der Waals surface area contributed by atoms with Gasteiger partial charge in [0.05, 0.1) is 17.8 Å². The Bertz CT molecular complexity index is 883. The zero-order valence-electron chi connectivity index (χ0n) is 20.3. The standard InChI is InChI=1S/C24H38N2O4Si/c1-9-29-16-20-25-21(19(28)15-27)22(18-13-11-10-12-14-18)26(20)17-24(5,6)30-31(7,8)23(2,3)4/h10-14,27H,9,15-17H2,1-8H3. The number of imidazole rings is 1. The van der Waals surface area contributed by atoms with Crippen LogP contribution in [0.5, 0.6) is 0 Å². The van der Waals surface area contributed by atoms with Crippen LogP contribution in [0, 0.1) is 0 Å². The van der Waals surface area contributed by atoms with E-state index in [9.17, 15) is 9.90 Å². The van der Waals surface area contributed by atoms with Crippen molar-refractivity contribution in [3.05, 3.63) is 41.9 Å². The molecular formula is C24H38N2O4Si. The van der Waals surface area contributed by atoms with Crippen LogP contribution in [-0.2, 0) is 22.3 Å². The highest BCUT2D eigenvalue weighted by Crippen LogP contribution is 2.40. The second-order valence-corrected chi connectivity index (χ2v) is 14.7. The van der Waals surface area contributed by atoms with Gasteiger partial charge in [0, 0.05) is 12.2 Å². The average Bonchev–Trinajstić information content (AvgIpc) is 3.02. The molecular weight excluding hydrogens is 408 g/mol. The first-order valence-electron chi connectivity index (χ1n) is 10.9. The molecule has 0 aliphatic heterocycles. The fraction of sp³-hybridized carbons (Fsp3) is 0.583. The molecule has 1 aromatic heterocycles. The van der Waals surface area contributed by atoms with Crippen molar-refractivity contribution in [2.75, 3.05) is 13.2 Å². The fourth-order valence-electron chi connectivity index (χ4n) is 3.39. The zero-order valence-corrected chi connectivity index (χ0v) is 21.3. The molecule has 31 heavy (non-hydrogen) atoms. The summed E-state index contributed by atoms with van der Waals surface area (Å²) >= 11 is 0. The summed E-state index contributed by atoms with van der Waals surface area (Å²) in [5.74, 6) is 0.253. The summed E-state index contributed by atoms with van der Waals surface area (Å²) in [6, 6.07) is 9.70. The average molecular weight is 447 g/mol. The first-order valence-corrected chi connectivity index (χ1v) is 13.8. The summed E-state index contributed by atoms with van der Waals surface area (Å²) in [4.78, 5) is 17.2. The van der Waals surface area contributed by atoms with E-state index in [1.165, 1.54) is 0 Å². The quantitative estimate of drug-likeness (QED) is 0.408. The van der Waals surface area contributed by atoms with Gasteiger partial charge in [-0.15, -0.1) is 0 Å². The first-order chi connectivity index (χ1) is 14.3. The van der Waals surface area contributed by atoms with Crippen molar-refractivity contribution in [1.29, 1.82) is 0 Å². The van der Waals surface area contributed by atoms with Crippen molar-refractivity contribution in [1.82, 2.24) is 9.55 Å². The van der Waals surface area contributed by atoms with E-state index in [2.05, 4.69) is 52.7 Å². The number of benzene rings is 1. The van der Waals surface area contributed by atoms with Gasteiger partial charge in [-0.1, -0.05) is 51.1 Å². The normalized spacial score (nSPS) is 12.9. The number of hydrogen-bond donors (Lipinski definition) is 1. The Balaban J connectivity index is 2.60. The molecule has 0 unspecified atom stereocenters. The molecule has 0 aliphatic rings. The van der Waals surface area contributed by atoms with Crippen LogP contribution in [0.1, 0.15) is 57.9 Å². The van der Waals surface area contributed by atoms with Gasteiger partial charge in [-0.3, -0.25) is 4.79 Å². The zero-order chi connectivity index (χ0) is 23.4. The van der Waals surface area contributed by atoms with Crippen LogP contribution >= 0.6 is 0 Å². The first kappa shape index (κ1) is 25.5. The minimum Gasteiger partial charge on any atom is -0.410 e. The number of aromatic nitrogens is 2. The van der Waals surface area contributed by atoms with Crippen LogP contribution in [0.25, 0.3) is 11.3 Å². The van der Waals surface area contributed by atoms with Gasteiger partial charge in [0.25, 0.3) is 0 Å². The Labute approximate surface area is 187 Å². The summed E-state index contributed by atoms with van der Waals surface area (Å²) < 4.78 is 14.4. The van der Waals surface area contributed by atoms with Crippen LogP contribution in [0.15, 0.2) is 30.3 Å². The Kier molecular flexibility index (Phi) is 8.03. The van der Waals surface area contributed by atoms with E-state index in [1.807, 2.05) is 41.8 Å². The largest absolute Gasteiger partial charge is 0.410 e. The van der Waals surface area contributed by atoms with Crippen molar-refractivity contribution in [2.45, 2.75) is 78.4 Å². The molecule has 1 heterocycles. The third-order valence-electron chi connectivity index (χ3n) is 5.81. The Morgan fingerprint density at radius 1 is 1.13 bits per heavy atom. The maximum atomic E-state index is 12.6. The van der Waals surface area contributed by atoms with E-state index in [1.54, 1.807) is 0 Å². The highest BCUT2D eigenvalue weighted by Gasteiger charge is 2.42. The minimum absolute atomic E-state index is 0.0770. The molecule has 2 rings (SSSR count). The van der Waals surface area contributed by atoms with E-state index in [0.717, 1.165) is 5.56 Å². The van der Waals surface area contributed by atoms with Gasteiger partial charge in [0.2, 0.25) is 5.78 Å². The molecule has 172 valence electrons. The van der Waals surface area contributed by atoms with Crippen LogP contribution < -0.4 is 0 Å². The number of ether oxygens (including phenoxy) is 1. The van der Waals surface area contributed by atoms with Gasteiger partial charge < -0.3 is 18.8 Å². The lowest BCUT2D eigenvalue weighted by Gasteiger charge is -2.43. The van der Waals surface area contributed by atoms with E-state index in [0.29, 0.717) is 24.7 Å². The summed E-state index contributed by atoms with van der Waals surface area (Å²) in [7, 11) is -2.03. The number of carbonyl (C=O) groups is 1. The number of rotatable bonds is 10. The van der Waals surface area contributed by atoms with Crippen LogP contribution in [0.2, 0.25) is 18.1 Å². The van der Waals surface area contributed by atoms with Crippen molar-refractivity contribution in [2.24, 2.45) is 0 Å².